The fraction of sp³-hybridized carbons (Fsp3) is 0.368. The van der Waals surface area contributed by atoms with E-state index in [4.69, 9.17) is 16.3 Å². The first-order chi connectivity index (χ1) is 10.8. The summed E-state index contributed by atoms with van der Waals surface area (Å²) in [6.45, 7) is 5.92. The number of ether oxygens (including phenoxy) is 1. The number of hydrogen-bond donors (Lipinski definition) is 0. The van der Waals surface area contributed by atoms with Crippen molar-refractivity contribution >= 4 is 24.0 Å². The minimum absolute atomic E-state index is 0. The maximum atomic E-state index is 5.81. The van der Waals surface area contributed by atoms with Gasteiger partial charge in [0.05, 0.1) is 6.61 Å². The number of halogens is 2. The van der Waals surface area contributed by atoms with Gasteiger partial charge in [-0.1, -0.05) is 49.4 Å². The van der Waals surface area contributed by atoms with E-state index in [1.54, 1.807) is 0 Å². The fourth-order valence-corrected chi connectivity index (χ4v) is 2.64. The lowest BCUT2D eigenvalue weighted by Gasteiger charge is -2.18. The monoisotopic (exact) mass is 353 g/mol. The Hall–Kier alpha value is -1.22. The van der Waals surface area contributed by atoms with E-state index >= 15 is 0 Å². The molecule has 0 spiro atoms. The molecule has 23 heavy (non-hydrogen) atoms. The lowest BCUT2D eigenvalue weighted by molar-refractivity contribution is 0.250. The van der Waals surface area contributed by atoms with Crippen molar-refractivity contribution in [2.75, 3.05) is 32.1 Å². The molecule has 0 saturated carbocycles. The zero-order valence-electron chi connectivity index (χ0n) is 13.6. The summed E-state index contributed by atoms with van der Waals surface area (Å²) in [4.78, 5) is 2.34. The standard InChI is InChI=1S/C19H24ClNO.ClH/c1-2-21(15-13-20)14-6-16-22-19-11-9-18(10-12-19)17-7-4-3-5-8-17;/h3-5,7-12H,2,6,13-16H2,1H3;1H. The Bertz CT molecular complexity index is 531. The molecular weight excluding hydrogens is 329 g/mol. The first-order valence-corrected chi connectivity index (χ1v) is 8.43. The van der Waals surface area contributed by atoms with Crippen molar-refractivity contribution in [3.05, 3.63) is 54.6 Å². The van der Waals surface area contributed by atoms with E-state index in [0.717, 1.165) is 38.4 Å². The topological polar surface area (TPSA) is 12.5 Å². The minimum atomic E-state index is 0. The van der Waals surface area contributed by atoms with Crippen LogP contribution < -0.4 is 4.74 Å². The van der Waals surface area contributed by atoms with Crippen LogP contribution in [0.5, 0.6) is 5.75 Å². The summed E-state index contributed by atoms with van der Waals surface area (Å²) in [6.07, 6.45) is 1.02. The average Bonchev–Trinajstić information content (AvgIpc) is 2.59. The van der Waals surface area contributed by atoms with Crippen molar-refractivity contribution in [2.45, 2.75) is 13.3 Å². The van der Waals surface area contributed by atoms with Crippen LogP contribution in [-0.4, -0.2) is 37.0 Å². The Morgan fingerprint density at radius 2 is 1.57 bits per heavy atom. The quantitative estimate of drug-likeness (QED) is 0.459. The van der Waals surface area contributed by atoms with E-state index < -0.39 is 0 Å². The van der Waals surface area contributed by atoms with Crippen LogP contribution in [0.15, 0.2) is 54.6 Å². The summed E-state index contributed by atoms with van der Waals surface area (Å²) in [5, 5.41) is 0. The summed E-state index contributed by atoms with van der Waals surface area (Å²) in [5.41, 5.74) is 2.45. The highest BCUT2D eigenvalue weighted by Gasteiger charge is 2.02. The zero-order valence-corrected chi connectivity index (χ0v) is 15.2. The van der Waals surface area contributed by atoms with Crippen LogP contribution in [0.3, 0.4) is 0 Å². The van der Waals surface area contributed by atoms with Crippen LogP contribution in [0.4, 0.5) is 0 Å². The van der Waals surface area contributed by atoms with Crippen LogP contribution in [0, 0.1) is 0 Å². The summed E-state index contributed by atoms with van der Waals surface area (Å²) in [7, 11) is 0. The number of rotatable bonds is 9. The highest BCUT2D eigenvalue weighted by molar-refractivity contribution is 6.18. The lowest BCUT2D eigenvalue weighted by Crippen LogP contribution is -2.27. The molecule has 0 N–H and O–H groups in total. The highest BCUT2D eigenvalue weighted by Crippen LogP contribution is 2.22. The first kappa shape index (κ1) is 19.8. The fourth-order valence-electron chi connectivity index (χ4n) is 2.40. The number of nitrogens with zero attached hydrogens (tertiary/aromatic N) is 1. The third-order valence-corrected chi connectivity index (χ3v) is 3.87. The molecular formula is C19H25Cl2NO. The third kappa shape index (κ3) is 6.82. The van der Waals surface area contributed by atoms with Crippen molar-refractivity contribution in [1.82, 2.24) is 4.90 Å². The molecule has 0 bridgehead atoms. The molecule has 0 unspecified atom stereocenters. The second-order valence-corrected chi connectivity index (χ2v) is 5.59. The summed E-state index contributed by atoms with van der Waals surface area (Å²) in [5.74, 6) is 1.62. The van der Waals surface area contributed by atoms with Gasteiger partial charge in [-0.2, -0.15) is 0 Å². The van der Waals surface area contributed by atoms with Gasteiger partial charge in [-0.15, -0.1) is 24.0 Å². The van der Waals surface area contributed by atoms with Crippen LogP contribution in [0.25, 0.3) is 11.1 Å². The van der Waals surface area contributed by atoms with Gasteiger partial charge < -0.3 is 9.64 Å². The van der Waals surface area contributed by atoms with Crippen molar-refractivity contribution in [1.29, 1.82) is 0 Å². The van der Waals surface area contributed by atoms with Crippen molar-refractivity contribution in [2.24, 2.45) is 0 Å². The zero-order chi connectivity index (χ0) is 15.6. The highest BCUT2D eigenvalue weighted by atomic mass is 35.5. The van der Waals surface area contributed by atoms with Gasteiger partial charge >= 0.3 is 0 Å². The molecule has 0 amide bonds. The van der Waals surface area contributed by atoms with Gasteiger partial charge in [-0.25, -0.2) is 0 Å². The summed E-state index contributed by atoms with van der Waals surface area (Å²) in [6, 6.07) is 18.7. The predicted molar refractivity (Wildman–Crippen MR) is 102 cm³/mol. The smallest absolute Gasteiger partial charge is 0.119 e. The third-order valence-electron chi connectivity index (χ3n) is 3.70. The molecule has 2 nitrogen and oxygen atoms in total. The van der Waals surface area contributed by atoms with Gasteiger partial charge in [0.1, 0.15) is 5.75 Å². The molecule has 126 valence electrons. The lowest BCUT2D eigenvalue weighted by atomic mass is 10.1. The Labute approximate surface area is 150 Å². The molecule has 0 aromatic heterocycles. The van der Waals surface area contributed by atoms with Gasteiger partial charge in [0.2, 0.25) is 0 Å². The Morgan fingerprint density at radius 3 is 2.17 bits per heavy atom. The number of benzene rings is 2. The first-order valence-electron chi connectivity index (χ1n) is 7.90. The van der Waals surface area contributed by atoms with E-state index in [0.29, 0.717) is 5.88 Å². The van der Waals surface area contributed by atoms with Gasteiger partial charge in [0.15, 0.2) is 0 Å². The summed E-state index contributed by atoms with van der Waals surface area (Å²) >= 11 is 5.78. The van der Waals surface area contributed by atoms with Gasteiger partial charge in [-0.05, 0) is 36.2 Å². The Balaban J connectivity index is 0.00000264. The van der Waals surface area contributed by atoms with Crippen molar-refractivity contribution in [3.63, 3.8) is 0 Å². The van der Waals surface area contributed by atoms with Gasteiger partial charge in [0.25, 0.3) is 0 Å². The van der Waals surface area contributed by atoms with E-state index in [1.165, 1.54) is 11.1 Å². The molecule has 2 rings (SSSR count). The molecule has 0 aliphatic rings. The van der Waals surface area contributed by atoms with Crippen LogP contribution in [-0.2, 0) is 0 Å². The largest absolute Gasteiger partial charge is 0.494 e. The SMILES string of the molecule is CCN(CCCl)CCCOc1ccc(-c2ccccc2)cc1.Cl. The van der Waals surface area contributed by atoms with Crippen LogP contribution in [0.2, 0.25) is 0 Å². The van der Waals surface area contributed by atoms with Gasteiger partial charge in [-0.3, -0.25) is 0 Å². The molecule has 2 aromatic rings. The van der Waals surface area contributed by atoms with E-state index in [-0.39, 0.29) is 12.4 Å². The predicted octanol–water partition coefficient (Wildman–Crippen LogP) is 5.11. The van der Waals surface area contributed by atoms with Crippen molar-refractivity contribution < 1.29 is 4.74 Å². The average molecular weight is 354 g/mol. The second-order valence-electron chi connectivity index (χ2n) is 5.22. The van der Waals surface area contributed by atoms with Crippen molar-refractivity contribution in [3.8, 4) is 16.9 Å². The molecule has 0 fully saturated rings. The Morgan fingerprint density at radius 1 is 0.913 bits per heavy atom. The van der Waals surface area contributed by atoms with Crippen LogP contribution in [0.1, 0.15) is 13.3 Å². The summed E-state index contributed by atoms with van der Waals surface area (Å²) < 4.78 is 5.81. The molecule has 4 heteroatoms. The van der Waals surface area contributed by atoms with E-state index in [9.17, 15) is 0 Å². The molecule has 0 saturated heterocycles. The normalized spacial score (nSPS) is 10.4. The second kappa shape index (κ2) is 11.3. The number of hydrogen-bond acceptors (Lipinski definition) is 2. The van der Waals surface area contributed by atoms with Crippen LogP contribution >= 0.6 is 24.0 Å². The minimum Gasteiger partial charge on any atom is -0.494 e. The molecule has 0 aliphatic heterocycles. The van der Waals surface area contributed by atoms with E-state index in [1.807, 2.05) is 18.2 Å². The van der Waals surface area contributed by atoms with E-state index in [2.05, 4.69) is 48.2 Å². The van der Waals surface area contributed by atoms with Gasteiger partial charge in [0, 0.05) is 19.0 Å². The Kier molecular flexibility index (Phi) is 9.77. The molecule has 0 radical (unpaired) electrons. The molecule has 2 aromatic carbocycles. The molecule has 0 atom stereocenters. The maximum absolute atomic E-state index is 5.81. The molecule has 0 heterocycles. The molecule has 0 aliphatic carbocycles. The maximum Gasteiger partial charge on any atom is 0.119 e. The number of alkyl halides is 1.